The molecule has 1 aliphatic heterocycles. The molecule has 0 bridgehead atoms. The lowest BCUT2D eigenvalue weighted by Gasteiger charge is -2.27. The number of anilines is 2. The second kappa shape index (κ2) is 4.13. The van der Waals surface area contributed by atoms with Gasteiger partial charge in [0, 0.05) is 13.6 Å². The second-order valence-electron chi connectivity index (χ2n) is 4.28. The highest BCUT2D eigenvalue weighted by Gasteiger charge is 2.28. The zero-order valence-electron chi connectivity index (χ0n) is 9.90. The molecule has 0 aliphatic carbocycles. The fourth-order valence-electron chi connectivity index (χ4n) is 2.25. The van der Waals surface area contributed by atoms with Gasteiger partial charge in [0.1, 0.15) is 0 Å². The van der Waals surface area contributed by atoms with Crippen molar-refractivity contribution in [3.05, 3.63) is 24.3 Å². The van der Waals surface area contributed by atoms with Crippen LogP contribution in [0.2, 0.25) is 0 Å². The normalized spacial score (nSPS) is 19.5. The van der Waals surface area contributed by atoms with Crippen LogP contribution in [0.1, 0.15) is 26.7 Å². The summed E-state index contributed by atoms with van der Waals surface area (Å²) in [7, 11) is 2.18. The maximum Gasteiger partial charge on any atom is 0.0985 e. The Bertz CT molecular complexity index is 335. The zero-order valence-corrected chi connectivity index (χ0v) is 9.90. The van der Waals surface area contributed by atoms with E-state index in [0.29, 0.717) is 6.17 Å². The van der Waals surface area contributed by atoms with Crippen molar-refractivity contribution in [2.45, 2.75) is 32.9 Å². The lowest BCUT2D eigenvalue weighted by Crippen LogP contribution is -2.39. The van der Waals surface area contributed by atoms with Crippen LogP contribution in [0.25, 0.3) is 0 Å². The van der Waals surface area contributed by atoms with Crippen LogP contribution < -0.4 is 9.80 Å². The molecule has 1 atom stereocenters. The summed E-state index contributed by atoms with van der Waals surface area (Å²) in [5, 5.41) is 0. The molecule has 0 N–H and O–H groups in total. The summed E-state index contributed by atoms with van der Waals surface area (Å²) in [6.45, 7) is 5.69. The van der Waals surface area contributed by atoms with Gasteiger partial charge in [0.2, 0.25) is 0 Å². The molecule has 82 valence electrons. The molecule has 2 rings (SSSR count). The molecular formula is C13H20N2. The summed E-state index contributed by atoms with van der Waals surface area (Å²) in [4.78, 5) is 4.85. The van der Waals surface area contributed by atoms with E-state index < -0.39 is 0 Å². The first-order valence-corrected chi connectivity index (χ1v) is 5.84. The van der Waals surface area contributed by atoms with Crippen LogP contribution in [0.3, 0.4) is 0 Å². The Labute approximate surface area is 92.5 Å². The molecule has 0 radical (unpaired) electrons. The third-order valence-corrected chi connectivity index (χ3v) is 3.34. The topological polar surface area (TPSA) is 6.48 Å². The van der Waals surface area contributed by atoms with Gasteiger partial charge in [-0.25, -0.2) is 0 Å². The third-order valence-electron chi connectivity index (χ3n) is 3.34. The highest BCUT2D eigenvalue weighted by Crippen LogP contribution is 2.37. The Balaban J connectivity index is 2.25. The van der Waals surface area contributed by atoms with Crippen molar-refractivity contribution in [1.29, 1.82) is 0 Å². The molecule has 2 nitrogen and oxygen atoms in total. The second-order valence-corrected chi connectivity index (χ2v) is 4.28. The molecule has 0 saturated heterocycles. The zero-order chi connectivity index (χ0) is 10.8. The molecule has 1 aromatic rings. The summed E-state index contributed by atoms with van der Waals surface area (Å²) in [6.07, 6.45) is 3.02. The number of rotatable bonds is 3. The number of benzene rings is 1. The Morgan fingerprint density at radius 1 is 1.20 bits per heavy atom. The van der Waals surface area contributed by atoms with Crippen molar-refractivity contribution in [1.82, 2.24) is 0 Å². The van der Waals surface area contributed by atoms with Gasteiger partial charge in [-0.15, -0.1) is 0 Å². The minimum absolute atomic E-state index is 0.494. The van der Waals surface area contributed by atoms with Crippen molar-refractivity contribution in [2.24, 2.45) is 0 Å². The van der Waals surface area contributed by atoms with E-state index in [2.05, 4.69) is 55.0 Å². The van der Waals surface area contributed by atoms with Crippen LogP contribution in [0, 0.1) is 0 Å². The molecule has 2 heteroatoms. The van der Waals surface area contributed by atoms with E-state index >= 15 is 0 Å². The largest absolute Gasteiger partial charge is 0.353 e. The number of hydrogen-bond donors (Lipinski definition) is 0. The summed E-state index contributed by atoms with van der Waals surface area (Å²) in [5.41, 5.74) is 2.75. The van der Waals surface area contributed by atoms with E-state index in [1.54, 1.807) is 0 Å². The van der Waals surface area contributed by atoms with Gasteiger partial charge in [0.15, 0.2) is 0 Å². The number of hydrogen-bond acceptors (Lipinski definition) is 2. The number of nitrogens with zero attached hydrogens (tertiary/aromatic N) is 2. The van der Waals surface area contributed by atoms with Crippen molar-refractivity contribution in [3.8, 4) is 0 Å². The predicted octanol–water partition coefficient (Wildman–Crippen LogP) is 3.09. The van der Waals surface area contributed by atoms with Crippen LogP contribution in [0.15, 0.2) is 24.3 Å². The number of para-hydroxylation sites is 2. The maximum absolute atomic E-state index is 2.50. The minimum atomic E-state index is 0.494. The first-order chi connectivity index (χ1) is 7.25. The quantitative estimate of drug-likeness (QED) is 0.746. The Morgan fingerprint density at radius 3 is 2.53 bits per heavy atom. The molecule has 0 spiro atoms. The molecule has 0 aromatic heterocycles. The highest BCUT2D eigenvalue weighted by molar-refractivity contribution is 5.76. The molecule has 1 aliphatic rings. The van der Waals surface area contributed by atoms with Gasteiger partial charge in [-0.2, -0.15) is 0 Å². The van der Waals surface area contributed by atoms with Gasteiger partial charge in [0.05, 0.1) is 17.5 Å². The van der Waals surface area contributed by atoms with E-state index in [4.69, 9.17) is 0 Å². The highest BCUT2D eigenvalue weighted by atomic mass is 15.4. The van der Waals surface area contributed by atoms with Crippen LogP contribution in [0.4, 0.5) is 11.4 Å². The molecule has 1 aromatic carbocycles. The van der Waals surface area contributed by atoms with Gasteiger partial charge >= 0.3 is 0 Å². The fraction of sp³-hybridized carbons (Fsp3) is 0.538. The van der Waals surface area contributed by atoms with E-state index in [-0.39, 0.29) is 0 Å². The molecule has 15 heavy (non-hydrogen) atoms. The maximum atomic E-state index is 2.50. The Hall–Kier alpha value is -1.18. The van der Waals surface area contributed by atoms with Gasteiger partial charge < -0.3 is 9.80 Å². The van der Waals surface area contributed by atoms with Crippen LogP contribution in [-0.4, -0.2) is 19.8 Å². The fourth-order valence-corrected chi connectivity index (χ4v) is 2.25. The molecule has 1 unspecified atom stereocenters. The lowest BCUT2D eigenvalue weighted by molar-refractivity contribution is 0.630. The first kappa shape index (κ1) is 10.3. The van der Waals surface area contributed by atoms with Crippen LogP contribution >= 0.6 is 0 Å². The van der Waals surface area contributed by atoms with Crippen LogP contribution in [0.5, 0.6) is 0 Å². The minimum Gasteiger partial charge on any atom is -0.353 e. The van der Waals surface area contributed by atoms with Crippen molar-refractivity contribution in [3.63, 3.8) is 0 Å². The van der Waals surface area contributed by atoms with E-state index in [0.717, 1.165) is 0 Å². The standard InChI is InChI=1S/C13H20N2/c1-4-5-10-15-11(2)14(3)12-8-6-7-9-13(12)15/h6-9,11H,4-5,10H2,1-3H3. The molecular weight excluding hydrogens is 184 g/mol. The molecule has 0 fully saturated rings. The third kappa shape index (κ3) is 1.69. The summed E-state index contributed by atoms with van der Waals surface area (Å²) in [6, 6.07) is 8.68. The summed E-state index contributed by atoms with van der Waals surface area (Å²) >= 11 is 0. The SMILES string of the molecule is CCCCN1c2ccccc2N(C)C1C. The van der Waals surface area contributed by atoms with Crippen molar-refractivity contribution >= 4 is 11.4 Å². The molecule has 0 saturated carbocycles. The number of fused-ring (bicyclic) bond motifs is 1. The average molecular weight is 204 g/mol. The van der Waals surface area contributed by atoms with Crippen LogP contribution in [-0.2, 0) is 0 Å². The lowest BCUT2D eigenvalue weighted by atomic mass is 10.2. The van der Waals surface area contributed by atoms with Gasteiger partial charge in [0.25, 0.3) is 0 Å². The van der Waals surface area contributed by atoms with Crippen molar-refractivity contribution in [2.75, 3.05) is 23.4 Å². The van der Waals surface area contributed by atoms with E-state index in [1.165, 1.54) is 30.8 Å². The van der Waals surface area contributed by atoms with Gasteiger partial charge in [-0.3, -0.25) is 0 Å². The Kier molecular flexibility index (Phi) is 2.85. The molecule has 0 amide bonds. The monoisotopic (exact) mass is 204 g/mol. The first-order valence-electron chi connectivity index (χ1n) is 5.84. The van der Waals surface area contributed by atoms with Crippen molar-refractivity contribution < 1.29 is 0 Å². The van der Waals surface area contributed by atoms with Gasteiger partial charge in [-0.1, -0.05) is 25.5 Å². The Morgan fingerprint density at radius 2 is 1.87 bits per heavy atom. The summed E-state index contributed by atoms with van der Waals surface area (Å²) < 4.78 is 0. The predicted molar refractivity (Wildman–Crippen MR) is 66.6 cm³/mol. The number of unbranched alkanes of at least 4 members (excludes halogenated alkanes) is 1. The smallest absolute Gasteiger partial charge is 0.0985 e. The average Bonchev–Trinajstić information content (AvgIpc) is 2.51. The molecule has 1 heterocycles. The van der Waals surface area contributed by atoms with Gasteiger partial charge in [-0.05, 0) is 25.5 Å². The summed E-state index contributed by atoms with van der Waals surface area (Å²) in [5.74, 6) is 0. The van der Waals surface area contributed by atoms with E-state index in [9.17, 15) is 0 Å². The van der Waals surface area contributed by atoms with E-state index in [1.807, 2.05) is 0 Å².